The molecule has 0 saturated carbocycles. The van der Waals surface area contributed by atoms with E-state index < -0.39 is 0 Å². The Morgan fingerprint density at radius 2 is 2.20 bits per heavy atom. The molecule has 0 bridgehead atoms. The molecule has 88 valence electrons. The lowest BCUT2D eigenvalue weighted by Crippen LogP contribution is -2.25. The molecule has 0 aromatic heterocycles. The van der Waals surface area contributed by atoms with Gasteiger partial charge in [-0.2, -0.15) is 0 Å². The second-order valence-corrected chi connectivity index (χ2v) is 4.65. The molecule has 2 atom stereocenters. The molecule has 1 fully saturated rings. The third-order valence-corrected chi connectivity index (χ3v) is 3.22. The molecule has 0 radical (unpaired) electrons. The molecule has 0 aliphatic carbocycles. The summed E-state index contributed by atoms with van der Waals surface area (Å²) in [5.74, 6) is 0.536. The van der Waals surface area contributed by atoms with E-state index in [1.165, 1.54) is 25.7 Å². The molecule has 1 heterocycles. The standard InChI is InChI=1S/C13H24O2/c1-3-4-5-6-8-11(2)13(14)12-9-7-10-15-12/h11-12H,3-10H2,1-2H3/t11?,12-/m0/s1. The molecule has 0 spiro atoms. The molecular weight excluding hydrogens is 188 g/mol. The first kappa shape index (κ1) is 12.7. The van der Waals surface area contributed by atoms with Crippen molar-refractivity contribution in [2.24, 2.45) is 5.92 Å². The molecule has 0 aromatic rings. The first-order valence-electron chi connectivity index (χ1n) is 6.41. The van der Waals surface area contributed by atoms with Crippen LogP contribution >= 0.6 is 0 Å². The lowest BCUT2D eigenvalue weighted by molar-refractivity contribution is -0.131. The van der Waals surface area contributed by atoms with Gasteiger partial charge in [0.05, 0.1) is 0 Å². The van der Waals surface area contributed by atoms with Crippen molar-refractivity contribution in [3.8, 4) is 0 Å². The summed E-state index contributed by atoms with van der Waals surface area (Å²) in [5.41, 5.74) is 0. The van der Waals surface area contributed by atoms with Crippen LogP contribution in [-0.2, 0) is 9.53 Å². The normalized spacial score (nSPS) is 22.9. The Morgan fingerprint density at radius 1 is 1.40 bits per heavy atom. The lowest BCUT2D eigenvalue weighted by Gasteiger charge is -2.14. The minimum absolute atomic E-state index is 0.0776. The molecular formula is C13H24O2. The van der Waals surface area contributed by atoms with Gasteiger partial charge < -0.3 is 4.74 Å². The van der Waals surface area contributed by atoms with Crippen LogP contribution in [0, 0.1) is 5.92 Å². The Morgan fingerprint density at radius 3 is 2.80 bits per heavy atom. The summed E-state index contributed by atoms with van der Waals surface area (Å²) >= 11 is 0. The van der Waals surface area contributed by atoms with E-state index in [9.17, 15) is 4.79 Å². The van der Waals surface area contributed by atoms with Crippen molar-refractivity contribution in [1.29, 1.82) is 0 Å². The number of ketones is 1. The highest BCUT2D eigenvalue weighted by molar-refractivity contribution is 5.85. The van der Waals surface area contributed by atoms with Gasteiger partial charge in [-0.05, 0) is 19.3 Å². The van der Waals surface area contributed by atoms with Crippen molar-refractivity contribution < 1.29 is 9.53 Å². The van der Waals surface area contributed by atoms with E-state index in [1.54, 1.807) is 0 Å². The third-order valence-electron chi connectivity index (χ3n) is 3.22. The number of unbranched alkanes of at least 4 members (excludes halogenated alkanes) is 3. The van der Waals surface area contributed by atoms with E-state index in [1.807, 2.05) is 0 Å². The molecule has 1 aliphatic rings. The van der Waals surface area contributed by atoms with E-state index in [2.05, 4.69) is 13.8 Å². The fourth-order valence-electron chi connectivity index (χ4n) is 2.14. The van der Waals surface area contributed by atoms with Crippen LogP contribution in [0.4, 0.5) is 0 Å². The zero-order chi connectivity index (χ0) is 11.1. The van der Waals surface area contributed by atoms with E-state index in [0.29, 0.717) is 5.78 Å². The van der Waals surface area contributed by atoms with Crippen LogP contribution in [0.2, 0.25) is 0 Å². The van der Waals surface area contributed by atoms with Crippen LogP contribution in [0.1, 0.15) is 58.8 Å². The Kier molecular flexibility index (Phi) is 5.92. The molecule has 2 nitrogen and oxygen atoms in total. The van der Waals surface area contributed by atoms with Crippen molar-refractivity contribution in [2.75, 3.05) is 6.61 Å². The number of hydrogen-bond donors (Lipinski definition) is 0. The zero-order valence-electron chi connectivity index (χ0n) is 10.1. The van der Waals surface area contributed by atoms with Crippen LogP contribution in [0.5, 0.6) is 0 Å². The van der Waals surface area contributed by atoms with Crippen molar-refractivity contribution in [1.82, 2.24) is 0 Å². The molecule has 1 aliphatic heterocycles. The minimum Gasteiger partial charge on any atom is -0.370 e. The second-order valence-electron chi connectivity index (χ2n) is 4.65. The maximum Gasteiger partial charge on any atom is 0.164 e. The number of rotatable bonds is 7. The fourth-order valence-corrected chi connectivity index (χ4v) is 2.14. The topological polar surface area (TPSA) is 26.3 Å². The molecule has 1 saturated heterocycles. The number of ether oxygens (including phenoxy) is 1. The first-order chi connectivity index (χ1) is 7.25. The van der Waals surface area contributed by atoms with Crippen molar-refractivity contribution in [3.63, 3.8) is 0 Å². The van der Waals surface area contributed by atoms with Gasteiger partial charge >= 0.3 is 0 Å². The van der Waals surface area contributed by atoms with E-state index in [-0.39, 0.29) is 12.0 Å². The molecule has 0 amide bonds. The summed E-state index contributed by atoms with van der Waals surface area (Å²) in [4.78, 5) is 11.9. The fraction of sp³-hybridized carbons (Fsp3) is 0.923. The quantitative estimate of drug-likeness (QED) is 0.605. The van der Waals surface area contributed by atoms with E-state index >= 15 is 0 Å². The van der Waals surface area contributed by atoms with Crippen LogP contribution in [0.25, 0.3) is 0 Å². The van der Waals surface area contributed by atoms with Gasteiger partial charge in [0, 0.05) is 12.5 Å². The van der Waals surface area contributed by atoms with Crippen molar-refractivity contribution in [2.45, 2.75) is 64.9 Å². The highest BCUT2D eigenvalue weighted by atomic mass is 16.5. The van der Waals surface area contributed by atoms with Crippen molar-refractivity contribution >= 4 is 5.78 Å². The molecule has 2 heteroatoms. The lowest BCUT2D eigenvalue weighted by atomic mass is 9.94. The summed E-state index contributed by atoms with van der Waals surface area (Å²) in [5, 5.41) is 0. The third kappa shape index (κ3) is 4.33. The average Bonchev–Trinajstić information content (AvgIpc) is 2.76. The summed E-state index contributed by atoms with van der Waals surface area (Å²) in [6.45, 7) is 5.04. The largest absolute Gasteiger partial charge is 0.370 e. The Bertz CT molecular complexity index is 183. The van der Waals surface area contributed by atoms with Crippen LogP contribution < -0.4 is 0 Å². The predicted octanol–water partition coefficient (Wildman–Crippen LogP) is 3.34. The highest BCUT2D eigenvalue weighted by Gasteiger charge is 2.27. The number of Topliss-reactive ketones (excluding diaryl/α,β-unsaturated/α-hetero) is 1. The summed E-state index contributed by atoms with van der Waals surface area (Å²) in [6, 6.07) is 0. The summed E-state index contributed by atoms with van der Waals surface area (Å²) < 4.78 is 5.41. The van der Waals surface area contributed by atoms with Gasteiger partial charge in [0.15, 0.2) is 5.78 Å². The van der Waals surface area contributed by atoms with Gasteiger partial charge in [0.2, 0.25) is 0 Å². The van der Waals surface area contributed by atoms with E-state index in [4.69, 9.17) is 4.74 Å². The average molecular weight is 212 g/mol. The minimum atomic E-state index is -0.0776. The number of hydrogen-bond acceptors (Lipinski definition) is 2. The van der Waals surface area contributed by atoms with Crippen LogP contribution in [0.3, 0.4) is 0 Å². The van der Waals surface area contributed by atoms with Gasteiger partial charge in [-0.25, -0.2) is 0 Å². The van der Waals surface area contributed by atoms with Gasteiger partial charge in [-0.1, -0.05) is 39.5 Å². The maximum absolute atomic E-state index is 11.9. The molecule has 15 heavy (non-hydrogen) atoms. The van der Waals surface area contributed by atoms with Crippen LogP contribution in [0.15, 0.2) is 0 Å². The molecule has 0 aromatic carbocycles. The Labute approximate surface area is 93.4 Å². The van der Waals surface area contributed by atoms with Gasteiger partial charge in [-0.3, -0.25) is 4.79 Å². The van der Waals surface area contributed by atoms with E-state index in [0.717, 1.165) is 25.9 Å². The van der Waals surface area contributed by atoms with Crippen LogP contribution in [-0.4, -0.2) is 18.5 Å². The van der Waals surface area contributed by atoms with Gasteiger partial charge in [0.1, 0.15) is 6.10 Å². The Balaban J connectivity index is 2.14. The first-order valence-corrected chi connectivity index (χ1v) is 6.41. The van der Waals surface area contributed by atoms with Crippen molar-refractivity contribution in [3.05, 3.63) is 0 Å². The SMILES string of the molecule is CCCCCCC(C)C(=O)[C@@H]1CCCO1. The Hall–Kier alpha value is -0.370. The molecule has 1 unspecified atom stereocenters. The smallest absolute Gasteiger partial charge is 0.164 e. The predicted molar refractivity (Wildman–Crippen MR) is 61.9 cm³/mol. The highest BCUT2D eigenvalue weighted by Crippen LogP contribution is 2.20. The maximum atomic E-state index is 11.9. The summed E-state index contributed by atoms with van der Waals surface area (Å²) in [6.07, 6.45) is 7.96. The monoisotopic (exact) mass is 212 g/mol. The van der Waals surface area contributed by atoms with Gasteiger partial charge in [0.25, 0.3) is 0 Å². The second kappa shape index (κ2) is 7.00. The molecule has 0 N–H and O–H groups in total. The molecule has 1 rings (SSSR count). The zero-order valence-corrected chi connectivity index (χ0v) is 10.1. The summed E-state index contributed by atoms with van der Waals surface area (Å²) in [7, 11) is 0. The number of carbonyl (C=O) groups is 1. The van der Waals surface area contributed by atoms with Gasteiger partial charge in [-0.15, -0.1) is 0 Å². The number of carbonyl (C=O) groups excluding carboxylic acids is 1.